The Morgan fingerprint density at radius 2 is 1.06 bits per heavy atom. The molecule has 0 amide bonds. The van der Waals surface area contributed by atoms with Gasteiger partial charge >= 0.3 is 6.85 Å². The zero-order valence-corrected chi connectivity index (χ0v) is 38.5. The molecule has 0 fully saturated rings. The van der Waals surface area contributed by atoms with E-state index in [1.807, 2.05) is 11.3 Å². The first-order chi connectivity index (χ1) is 32.7. The highest BCUT2D eigenvalue weighted by Crippen LogP contribution is 2.53. The van der Waals surface area contributed by atoms with Crippen LogP contribution in [-0.2, 0) is 12.8 Å². The first-order valence-electron chi connectivity index (χ1n) is 23.9. The van der Waals surface area contributed by atoms with Crippen LogP contribution in [0.2, 0.25) is 0 Å². The van der Waals surface area contributed by atoms with Gasteiger partial charge in [-0.1, -0.05) is 172 Å². The average Bonchev–Trinajstić information content (AvgIpc) is 3.77. The van der Waals surface area contributed by atoms with E-state index in [0.29, 0.717) is 0 Å². The molecule has 1 aromatic heterocycles. The quantitative estimate of drug-likeness (QED) is 0.120. The van der Waals surface area contributed by atoms with Crippen molar-refractivity contribution in [1.29, 1.82) is 0 Å². The summed E-state index contributed by atoms with van der Waals surface area (Å²) in [7, 11) is 0. The fraction of sp³-hybridized carbons (Fsp3) is 0.129. The maximum Gasteiger partial charge on any atom is 0.333 e. The number of unbranched alkanes of at least 4 members (excludes halogenated alkanes) is 2. The molecule has 3 heterocycles. The summed E-state index contributed by atoms with van der Waals surface area (Å²) in [5.74, 6) is 0. The molecule has 0 saturated heterocycles. The molecule has 0 aliphatic carbocycles. The van der Waals surface area contributed by atoms with Crippen molar-refractivity contribution in [3.63, 3.8) is 0 Å². The molecule has 12 rings (SSSR count). The zero-order chi connectivity index (χ0) is 44.1. The maximum atomic E-state index is 2.68. The third-order valence-electron chi connectivity index (χ3n) is 14.0. The maximum absolute atomic E-state index is 2.68. The van der Waals surface area contributed by atoms with Crippen LogP contribution in [0, 0.1) is 0 Å². The number of rotatable bonds is 11. The summed E-state index contributed by atoms with van der Waals surface area (Å²) in [5, 5.41) is 2.61. The third-order valence-corrected chi connectivity index (χ3v) is 15.2. The van der Waals surface area contributed by atoms with Crippen molar-refractivity contribution >= 4 is 77.7 Å². The van der Waals surface area contributed by atoms with E-state index in [2.05, 4.69) is 224 Å². The fourth-order valence-corrected chi connectivity index (χ4v) is 12.0. The van der Waals surface area contributed by atoms with Gasteiger partial charge in [0.2, 0.25) is 0 Å². The minimum absolute atomic E-state index is 0.0961. The molecule has 2 nitrogen and oxygen atoms in total. The van der Waals surface area contributed by atoms with E-state index in [4.69, 9.17) is 0 Å². The number of nitrogens with zero attached hydrogens (tertiary/aromatic N) is 2. The van der Waals surface area contributed by atoms with Crippen LogP contribution in [0.3, 0.4) is 0 Å². The highest BCUT2D eigenvalue weighted by molar-refractivity contribution is 7.26. The Balaban J connectivity index is 1.22. The monoisotopic (exact) mass is 866 g/mol. The van der Waals surface area contributed by atoms with Gasteiger partial charge in [0.25, 0.3) is 0 Å². The second-order valence-corrected chi connectivity index (χ2v) is 19.2. The average molecular weight is 867 g/mol. The summed E-state index contributed by atoms with van der Waals surface area (Å²) in [6, 6.07) is 75.9. The molecule has 2 aliphatic heterocycles. The van der Waals surface area contributed by atoms with Crippen molar-refractivity contribution in [3.8, 4) is 44.5 Å². The number of fused-ring (bicyclic) bond motifs is 8. The topological polar surface area (TPSA) is 6.48 Å². The lowest BCUT2D eigenvalue weighted by Gasteiger charge is -2.46. The number of hydrogen-bond acceptors (Lipinski definition) is 3. The Morgan fingerprint density at radius 1 is 0.439 bits per heavy atom. The van der Waals surface area contributed by atoms with Crippen molar-refractivity contribution in [2.24, 2.45) is 0 Å². The normalized spacial score (nSPS) is 12.7. The van der Waals surface area contributed by atoms with Crippen LogP contribution in [0.1, 0.15) is 50.7 Å². The second-order valence-electron chi connectivity index (χ2n) is 18.1. The summed E-state index contributed by atoms with van der Waals surface area (Å²) in [6.07, 6.45) is 6.85. The molecule has 66 heavy (non-hydrogen) atoms. The lowest BCUT2D eigenvalue weighted by Crippen LogP contribution is -2.61. The molecule has 0 radical (unpaired) electrons. The number of thiophene rings is 1. The van der Waals surface area contributed by atoms with Crippen LogP contribution in [0.25, 0.3) is 64.7 Å². The highest BCUT2D eigenvalue weighted by atomic mass is 32.1. The minimum atomic E-state index is -0.0961. The van der Waals surface area contributed by atoms with Gasteiger partial charge in [0.05, 0.1) is 16.1 Å². The van der Waals surface area contributed by atoms with Crippen LogP contribution >= 0.6 is 11.3 Å². The molecule has 0 bridgehead atoms. The molecule has 0 atom stereocenters. The second kappa shape index (κ2) is 17.0. The third kappa shape index (κ3) is 6.86. The minimum Gasteiger partial charge on any atom is -0.376 e. The van der Waals surface area contributed by atoms with Crippen molar-refractivity contribution in [2.75, 3.05) is 9.71 Å². The van der Waals surface area contributed by atoms with Crippen LogP contribution in [0.15, 0.2) is 200 Å². The molecule has 9 aromatic carbocycles. The first-order valence-corrected chi connectivity index (χ1v) is 24.7. The van der Waals surface area contributed by atoms with Gasteiger partial charge in [-0.25, -0.2) is 0 Å². The summed E-state index contributed by atoms with van der Waals surface area (Å²) in [6.45, 7) is 4.47. The summed E-state index contributed by atoms with van der Waals surface area (Å²) < 4.78 is 2.63. The van der Waals surface area contributed by atoms with Gasteiger partial charge in [-0.3, -0.25) is 0 Å². The van der Waals surface area contributed by atoms with E-state index in [9.17, 15) is 0 Å². The van der Waals surface area contributed by atoms with Crippen LogP contribution < -0.4 is 20.6 Å². The number of benzene rings is 9. The Labute approximate surface area is 393 Å². The SMILES string of the molecule is CCCCc1ccc(N2B3c4ccc5c(sc6ccccc65)c4N(c4ccc(CCCC)cc4-c4ccccc4)c4cc(-c5ccccc5)cc(c43)-c3cc(-c4ccccc4)ccc32)cc1. The first kappa shape index (κ1) is 40.4. The number of aryl methyl sites for hydroxylation is 2. The molecule has 0 N–H and O–H groups in total. The molecule has 0 spiro atoms. The van der Waals surface area contributed by atoms with Crippen LogP contribution in [0.5, 0.6) is 0 Å². The molecule has 10 aromatic rings. The standard InChI is InChI=1S/C62H51BN2S/c1-3-5-18-42-28-32-49(33-29-42)65-57-37-31-47(44-20-10-7-11-21-44)39-53(57)54-40-48(45-22-12-8-13-23-45)41-58-60(54)63(65)55-35-34-51-50-26-16-17-27-59(50)66-62(51)61(55)64(58)56-36-30-43(19-6-4-2)38-52(56)46-24-14-9-15-25-46/h7-17,20-41H,3-6,18-19H2,1-2H3. The van der Waals surface area contributed by atoms with E-state index < -0.39 is 0 Å². The van der Waals surface area contributed by atoms with Gasteiger partial charge in [0.1, 0.15) is 0 Å². The van der Waals surface area contributed by atoms with Gasteiger partial charge in [-0.15, -0.1) is 11.3 Å². The zero-order valence-electron chi connectivity index (χ0n) is 37.7. The van der Waals surface area contributed by atoms with Crippen molar-refractivity contribution in [3.05, 3.63) is 211 Å². The Hall–Kier alpha value is -7.14. The van der Waals surface area contributed by atoms with Crippen LogP contribution in [-0.4, -0.2) is 6.85 Å². The molecular formula is C62H51BN2S. The summed E-state index contributed by atoms with van der Waals surface area (Å²) >= 11 is 1.93. The van der Waals surface area contributed by atoms with E-state index in [1.54, 1.807) is 0 Å². The predicted molar refractivity (Wildman–Crippen MR) is 287 cm³/mol. The molecule has 0 unspecified atom stereocenters. The molecule has 2 aliphatic rings. The predicted octanol–water partition coefficient (Wildman–Crippen LogP) is 16.4. The molecule has 4 heteroatoms. The van der Waals surface area contributed by atoms with Crippen LogP contribution in [0.4, 0.5) is 28.4 Å². The summed E-state index contributed by atoms with van der Waals surface area (Å²) in [5.41, 5.74) is 21.5. The van der Waals surface area contributed by atoms with Gasteiger partial charge < -0.3 is 9.71 Å². The van der Waals surface area contributed by atoms with Crippen molar-refractivity contribution < 1.29 is 0 Å². The lowest BCUT2D eigenvalue weighted by atomic mass is 9.43. The van der Waals surface area contributed by atoms with Gasteiger partial charge in [0.15, 0.2) is 0 Å². The van der Waals surface area contributed by atoms with E-state index >= 15 is 0 Å². The highest BCUT2D eigenvalue weighted by Gasteiger charge is 2.46. The Morgan fingerprint density at radius 3 is 1.79 bits per heavy atom. The van der Waals surface area contributed by atoms with E-state index in [-0.39, 0.29) is 6.85 Å². The molecule has 318 valence electrons. The number of hydrogen-bond donors (Lipinski definition) is 0. The lowest BCUT2D eigenvalue weighted by molar-refractivity contribution is 0.795. The van der Waals surface area contributed by atoms with Gasteiger partial charge in [-0.2, -0.15) is 0 Å². The fourth-order valence-electron chi connectivity index (χ4n) is 10.7. The van der Waals surface area contributed by atoms with Gasteiger partial charge in [0, 0.05) is 43.7 Å². The van der Waals surface area contributed by atoms with Crippen molar-refractivity contribution in [2.45, 2.75) is 52.4 Å². The van der Waals surface area contributed by atoms with Crippen molar-refractivity contribution in [1.82, 2.24) is 0 Å². The van der Waals surface area contributed by atoms with Gasteiger partial charge in [-0.05, 0) is 136 Å². The Kier molecular flexibility index (Phi) is 10.4. The smallest absolute Gasteiger partial charge is 0.333 e. The van der Waals surface area contributed by atoms with E-state index in [1.165, 1.54) is 128 Å². The Bertz CT molecular complexity index is 3400. The summed E-state index contributed by atoms with van der Waals surface area (Å²) in [4.78, 5) is 5.35. The number of anilines is 5. The van der Waals surface area contributed by atoms with E-state index in [0.717, 1.165) is 25.7 Å². The molecular weight excluding hydrogens is 816 g/mol. The largest absolute Gasteiger partial charge is 0.376 e. The molecule has 0 saturated carbocycles.